The molecule has 2 unspecified atom stereocenters. The molecule has 1 aromatic rings. The number of fused-ring (bicyclic) bond motifs is 1. The molecule has 1 amide bonds. The van der Waals surface area contributed by atoms with Gasteiger partial charge in [0.2, 0.25) is 5.91 Å². The SMILES string of the molecule is O=C(N[C@H](CO)c1ccccc1)C1CC2CC2C1. The van der Waals surface area contributed by atoms with Crippen molar-refractivity contribution in [3.05, 3.63) is 35.9 Å². The van der Waals surface area contributed by atoms with Crippen LogP contribution in [0.15, 0.2) is 30.3 Å². The highest BCUT2D eigenvalue weighted by Crippen LogP contribution is 2.54. The summed E-state index contributed by atoms with van der Waals surface area (Å²) in [6, 6.07) is 9.39. The number of rotatable bonds is 4. The molecule has 0 aromatic heterocycles. The van der Waals surface area contributed by atoms with Gasteiger partial charge in [-0.3, -0.25) is 4.79 Å². The van der Waals surface area contributed by atoms with Gasteiger partial charge in [0.25, 0.3) is 0 Å². The number of benzene rings is 1. The van der Waals surface area contributed by atoms with Gasteiger partial charge in [-0.2, -0.15) is 0 Å². The lowest BCUT2D eigenvalue weighted by molar-refractivity contribution is -0.126. The molecule has 0 radical (unpaired) electrons. The maximum absolute atomic E-state index is 12.1. The average molecular weight is 245 g/mol. The normalized spacial score (nSPS) is 30.6. The summed E-state index contributed by atoms with van der Waals surface area (Å²) in [6.07, 6.45) is 3.42. The van der Waals surface area contributed by atoms with Gasteiger partial charge < -0.3 is 10.4 Å². The number of carbonyl (C=O) groups is 1. The van der Waals surface area contributed by atoms with Gasteiger partial charge in [-0.05, 0) is 36.7 Å². The van der Waals surface area contributed by atoms with Gasteiger partial charge >= 0.3 is 0 Å². The zero-order valence-electron chi connectivity index (χ0n) is 10.4. The Morgan fingerprint density at radius 3 is 2.50 bits per heavy atom. The lowest BCUT2D eigenvalue weighted by Crippen LogP contribution is -2.35. The molecule has 2 saturated carbocycles. The van der Waals surface area contributed by atoms with E-state index in [-0.39, 0.29) is 24.5 Å². The molecular weight excluding hydrogens is 226 g/mol. The molecule has 3 atom stereocenters. The molecule has 2 fully saturated rings. The number of aliphatic hydroxyl groups is 1. The highest BCUT2D eigenvalue weighted by molar-refractivity contribution is 5.79. The summed E-state index contributed by atoms with van der Waals surface area (Å²) >= 11 is 0. The first kappa shape index (κ1) is 11.7. The Morgan fingerprint density at radius 2 is 1.89 bits per heavy atom. The van der Waals surface area contributed by atoms with Crippen molar-refractivity contribution in [3.63, 3.8) is 0 Å². The van der Waals surface area contributed by atoms with Crippen molar-refractivity contribution in [1.82, 2.24) is 5.32 Å². The molecule has 2 aliphatic rings. The molecule has 0 saturated heterocycles. The van der Waals surface area contributed by atoms with E-state index in [2.05, 4.69) is 5.32 Å². The topological polar surface area (TPSA) is 49.3 Å². The molecule has 96 valence electrons. The lowest BCUT2D eigenvalue weighted by Gasteiger charge is -2.20. The number of amides is 1. The predicted octanol–water partition coefficient (Wildman–Crippen LogP) is 1.88. The van der Waals surface area contributed by atoms with Gasteiger partial charge in [-0.1, -0.05) is 30.3 Å². The zero-order chi connectivity index (χ0) is 12.5. The van der Waals surface area contributed by atoms with E-state index >= 15 is 0 Å². The Morgan fingerprint density at radius 1 is 1.22 bits per heavy atom. The third-order valence-electron chi connectivity index (χ3n) is 4.32. The minimum atomic E-state index is -0.268. The fraction of sp³-hybridized carbons (Fsp3) is 0.533. The van der Waals surface area contributed by atoms with E-state index in [1.54, 1.807) is 0 Å². The van der Waals surface area contributed by atoms with Crippen molar-refractivity contribution in [2.24, 2.45) is 17.8 Å². The van der Waals surface area contributed by atoms with Crippen LogP contribution in [-0.4, -0.2) is 17.6 Å². The van der Waals surface area contributed by atoms with E-state index in [1.165, 1.54) is 6.42 Å². The molecule has 0 aliphatic heterocycles. The van der Waals surface area contributed by atoms with Gasteiger partial charge in [0.15, 0.2) is 0 Å². The molecule has 2 N–H and O–H groups in total. The Bertz CT molecular complexity index is 421. The van der Waals surface area contributed by atoms with E-state index in [0.717, 1.165) is 30.2 Å². The van der Waals surface area contributed by atoms with Crippen molar-refractivity contribution in [1.29, 1.82) is 0 Å². The quantitative estimate of drug-likeness (QED) is 0.851. The first-order valence-electron chi connectivity index (χ1n) is 6.74. The maximum Gasteiger partial charge on any atom is 0.223 e. The molecule has 3 heteroatoms. The number of hydrogen-bond donors (Lipinski definition) is 2. The lowest BCUT2D eigenvalue weighted by atomic mass is 10.0. The Balaban J connectivity index is 1.61. The van der Waals surface area contributed by atoms with Crippen LogP contribution in [0.5, 0.6) is 0 Å². The summed E-state index contributed by atoms with van der Waals surface area (Å²) in [5.41, 5.74) is 0.969. The van der Waals surface area contributed by atoms with Crippen LogP contribution < -0.4 is 5.32 Å². The van der Waals surface area contributed by atoms with Gasteiger partial charge in [0.1, 0.15) is 0 Å². The third-order valence-corrected chi connectivity index (χ3v) is 4.32. The van der Waals surface area contributed by atoms with Crippen LogP contribution in [-0.2, 0) is 4.79 Å². The number of hydrogen-bond acceptors (Lipinski definition) is 2. The van der Waals surface area contributed by atoms with Crippen molar-refractivity contribution >= 4 is 5.91 Å². The van der Waals surface area contributed by atoms with E-state index in [1.807, 2.05) is 30.3 Å². The number of nitrogens with one attached hydrogen (secondary N) is 1. The molecule has 2 aliphatic carbocycles. The molecule has 1 aromatic carbocycles. The Hall–Kier alpha value is -1.35. The van der Waals surface area contributed by atoms with Crippen LogP contribution in [0.1, 0.15) is 30.9 Å². The minimum absolute atomic E-state index is 0.0463. The summed E-state index contributed by atoms with van der Waals surface area (Å²) in [5.74, 6) is 1.91. The Labute approximate surface area is 107 Å². The summed E-state index contributed by atoms with van der Waals surface area (Å²) in [5, 5.41) is 12.4. The van der Waals surface area contributed by atoms with E-state index in [0.29, 0.717) is 0 Å². The van der Waals surface area contributed by atoms with Crippen LogP contribution in [0.25, 0.3) is 0 Å². The standard InChI is InChI=1S/C15H19NO2/c17-9-14(10-4-2-1-3-5-10)16-15(18)13-7-11-6-12(11)8-13/h1-5,11-14,17H,6-9H2,(H,16,18)/t11?,12?,13?,14-/m1/s1. The molecule has 3 rings (SSSR count). The predicted molar refractivity (Wildman–Crippen MR) is 68.7 cm³/mol. The van der Waals surface area contributed by atoms with Gasteiger partial charge in [0.05, 0.1) is 12.6 Å². The molecule has 18 heavy (non-hydrogen) atoms. The van der Waals surface area contributed by atoms with Crippen molar-refractivity contribution in [3.8, 4) is 0 Å². The fourth-order valence-corrected chi connectivity index (χ4v) is 3.14. The van der Waals surface area contributed by atoms with Crippen LogP contribution in [0, 0.1) is 17.8 Å². The van der Waals surface area contributed by atoms with E-state index in [9.17, 15) is 9.90 Å². The van der Waals surface area contributed by atoms with Crippen molar-refractivity contribution < 1.29 is 9.90 Å². The number of carbonyl (C=O) groups excluding carboxylic acids is 1. The molecular formula is C15H19NO2. The van der Waals surface area contributed by atoms with Crippen LogP contribution in [0.3, 0.4) is 0 Å². The monoisotopic (exact) mass is 245 g/mol. The zero-order valence-corrected chi connectivity index (χ0v) is 10.4. The summed E-state index contributed by atoms with van der Waals surface area (Å²) in [7, 11) is 0. The largest absolute Gasteiger partial charge is 0.394 e. The second kappa shape index (κ2) is 4.73. The van der Waals surface area contributed by atoms with Crippen LogP contribution in [0.4, 0.5) is 0 Å². The molecule has 0 spiro atoms. The summed E-state index contributed by atoms with van der Waals surface area (Å²) < 4.78 is 0. The Kier molecular flexibility index (Phi) is 3.08. The van der Waals surface area contributed by atoms with E-state index < -0.39 is 0 Å². The van der Waals surface area contributed by atoms with Gasteiger partial charge in [-0.15, -0.1) is 0 Å². The summed E-state index contributed by atoms with van der Waals surface area (Å²) in [4.78, 5) is 12.1. The van der Waals surface area contributed by atoms with Crippen LogP contribution >= 0.6 is 0 Å². The third kappa shape index (κ3) is 2.27. The average Bonchev–Trinajstić information content (AvgIpc) is 3.03. The minimum Gasteiger partial charge on any atom is -0.394 e. The maximum atomic E-state index is 12.1. The van der Waals surface area contributed by atoms with Gasteiger partial charge in [0, 0.05) is 5.92 Å². The molecule has 0 bridgehead atoms. The fourth-order valence-electron chi connectivity index (χ4n) is 3.14. The van der Waals surface area contributed by atoms with E-state index in [4.69, 9.17) is 0 Å². The highest BCUT2D eigenvalue weighted by atomic mass is 16.3. The first-order valence-corrected chi connectivity index (χ1v) is 6.74. The van der Waals surface area contributed by atoms with Crippen LogP contribution in [0.2, 0.25) is 0 Å². The summed E-state index contributed by atoms with van der Waals surface area (Å²) in [6.45, 7) is -0.0463. The van der Waals surface area contributed by atoms with Crippen molar-refractivity contribution in [2.75, 3.05) is 6.61 Å². The number of aliphatic hydroxyl groups excluding tert-OH is 1. The second-order valence-electron chi connectivity index (χ2n) is 5.58. The smallest absolute Gasteiger partial charge is 0.223 e. The van der Waals surface area contributed by atoms with Gasteiger partial charge in [-0.25, -0.2) is 0 Å². The van der Waals surface area contributed by atoms with Crippen molar-refractivity contribution in [2.45, 2.75) is 25.3 Å². The molecule has 3 nitrogen and oxygen atoms in total. The highest BCUT2D eigenvalue weighted by Gasteiger charge is 2.48. The second-order valence-corrected chi connectivity index (χ2v) is 5.58. The first-order chi connectivity index (χ1) is 8.78. The molecule has 0 heterocycles.